The average molecular weight is 298 g/mol. The first-order valence-corrected chi connectivity index (χ1v) is 7.18. The molecule has 0 aliphatic carbocycles. The van der Waals surface area contributed by atoms with Gasteiger partial charge in [0.05, 0.1) is 13.2 Å². The zero-order valence-corrected chi connectivity index (χ0v) is 12.6. The number of hydrogen-bond acceptors (Lipinski definition) is 4. The van der Waals surface area contributed by atoms with Crippen LogP contribution < -0.4 is 10.1 Å². The maximum atomic E-state index is 12.4. The number of hydrogen-bond donors (Lipinski definition) is 1. The zero-order valence-electron chi connectivity index (χ0n) is 12.6. The summed E-state index contributed by atoms with van der Waals surface area (Å²) in [4.78, 5) is 22.3. The molecule has 0 spiro atoms. The molecule has 1 N–H and O–H groups in total. The molecular weight excluding hydrogens is 280 g/mol. The van der Waals surface area contributed by atoms with Gasteiger partial charge in [-0.2, -0.15) is 4.98 Å². The van der Waals surface area contributed by atoms with Gasteiger partial charge in [-0.15, -0.1) is 0 Å². The van der Waals surface area contributed by atoms with Crippen molar-refractivity contribution in [2.75, 3.05) is 19.0 Å². The van der Waals surface area contributed by atoms with Crippen LogP contribution in [0.5, 0.6) is 6.01 Å². The number of methoxy groups -OCH3 is 1. The van der Waals surface area contributed by atoms with Gasteiger partial charge in [-0.1, -0.05) is 37.3 Å². The van der Waals surface area contributed by atoms with Gasteiger partial charge >= 0.3 is 12.0 Å². The Morgan fingerprint density at radius 1 is 1.32 bits per heavy atom. The molecule has 114 valence electrons. The summed E-state index contributed by atoms with van der Waals surface area (Å²) in [5, 5.41) is 2.79. The van der Waals surface area contributed by atoms with Crippen LogP contribution in [0, 0.1) is 5.92 Å². The van der Waals surface area contributed by atoms with Gasteiger partial charge in [-0.05, 0) is 17.5 Å². The Kier molecular flexibility index (Phi) is 3.91. The van der Waals surface area contributed by atoms with Crippen molar-refractivity contribution in [3.05, 3.63) is 48.2 Å². The monoisotopic (exact) mass is 298 g/mol. The fourth-order valence-corrected chi connectivity index (χ4v) is 2.75. The minimum Gasteiger partial charge on any atom is -0.467 e. The number of nitrogens with zero attached hydrogens (tertiary/aromatic N) is 3. The highest BCUT2D eigenvalue weighted by Gasteiger charge is 2.40. The Hall–Kier alpha value is -2.63. The number of aromatic nitrogens is 2. The van der Waals surface area contributed by atoms with E-state index in [-0.39, 0.29) is 18.1 Å². The lowest BCUT2D eigenvalue weighted by Crippen LogP contribution is -2.53. The minimum atomic E-state index is -0.160. The molecule has 1 saturated heterocycles. The molecule has 0 saturated carbocycles. The van der Waals surface area contributed by atoms with Crippen LogP contribution in [0.4, 0.5) is 10.6 Å². The third kappa shape index (κ3) is 2.72. The summed E-state index contributed by atoms with van der Waals surface area (Å²) in [5.74, 6) is 0.872. The molecule has 1 aromatic heterocycles. The lowest BCUT2D eigenvalue weighted by Gasteiger charge is -2.46. The van der Waals surface area contributed by atoms with Crippen molar-refractivity contribution in [1.29, 1.82) is 0 Å². The maximum Gasteiger partial charge on any atom is 0.323 e. The van der Waals surface area contributed by atoms with E-state index in [4.69, 9.17) is 4.74 Å². The van der Waals surface area contributed by atoms with E-state index in [1.807, 2.05) is 35.2 Å². The molecule has 22 heavy (non-hydrogen) atoms. The van der Waals surface area contributed by atoms with E-state index in [1.165, 1.54) is 7.11 Å². The summed E-state index contributed by atoms with van der Waals surface area (Å²) >= 11 is 0. The first-order valence-electron chi connectivity index (χ1n) is 7.18. The number of likely N-dealkylation sites (tertiary alicyclic amines) is 1. The zero-order chi connectivity index (χ0) is 15.5. The molecule has 3 rings (SSSR count). The van der Waals surface area contributed by atoms with Crippen LogP contribution in [-0.2, 0) is 0 Å². The van der Waals surface area contributed by atoms with Gasteiger partial charge in [-0.25, -0.2) is 9.78 Å². The fraction of sp³-hybridized carbons (Fsp3) is 0.312. The third-order valence-electron chi connectivity index (χ3n) is 3.81. The van der Waals surface area contributed by atoms with E-state index in [0.717, 1.165) is 12.1 Å². The van der Waals surface area contributed by atoms with E-state index < -0.39 is 0 Å². The van der Waals surface area contributed by atoms with E-state index in [0.29, 0.717) is 11.7 Å². The predicted molar refractivity (Wildman–Crippen MR) is 82.7 cm³/mol. The van der Waals surface area contributed by atoms with Crippen LogP contribution in [0.25, 0.3) is 0 Å². The average Bonchev–Trinajstić information content (AvgIpc) is 2.53. The van der Waals surface area contributed by atoms with Crippen LogP contribution in [0.2, 0.25) is 0 Å². The van der Waals surface area contributed by atoms with Crippen molar-refractivity contribution in [2.24, 2.45) is 5.92 Å². The summed E-state index contributed by atoms with van der Waals surface area (Å²) < 4.78 is 4.96. The largest absolute Gasteiger partial charge is 0.467 e. The summed E-state index contributed by atoms with van der Waals surface area (Å²) in [6.45, 7) is 2.88. The quantitative estimate of drug-likeness (QED) is 0.946. The number of carbonyl (C=O) groups excluding carboxylic acids is 1. The molecule has 1 aliphatic heterocycles. The molecule has 0 unspecified atom stereocenters. The van der Waals surface area contributed by atoms with Gasteiger partial charge in [0.15, 0.2) is 0 Å². The van der Waals surface area contributed by atoms with Crippen molar-refractivity contribution in [3.63, 3.8) is 0 Å². The number of rotatable bonds is 3. The summed E-state index contributed by atoms with van der Waals surface area (Å²) in [6.07, 6.45) is 1.55. The van der Waals surface area contributed by atoms with Crippen LogP contribution in [0.3, 0.4) is 0 Å². The molecule has 2 aromatic rings. The van der Waals surface area contributed by atoms with Crippen molar-refractivity contribution in [3.8, 4) is 6.01 Å². The minimum absolute atomic E-state index is 0.102. The molecule has 1 aromatic carbocycles. The summed E-state index contributed by atoms with van der Waals surface area (Å²) in [7, 11) is 1.49. The Balaban J connectivity index is 1.72. The molecule has 6 heteroatoms. The van der Waals surface area contributed by atoms with Gasteiger partial charge in [-0.3, -0.25) is 5.32 Å². The molecular formula is C16H18N4O2. The Labute approximate surface area is 129 Å². The number of nitrogens with one attached hydrogen (secondary N) is 1. The van der Waals surface area contributed by atoms with Gasteiger partial charge in [0, 0.05) is 12.7 Å². The molecule has 2 atom stereocenters. The van der Waals surface area contributed by atoms with Crippen molar-refractivity contribution >= 4 is 11.8 Å². The van der Waals surface area contributed by atoms with Gasteiger partial charge in [0.25, 0.3) is 0 Å². The molecule has 0 radical (unpaired) electrons. The highest BCUT2D eigenvalue weighted by molar-refractivity contribution is 5.89. The van der Waals surface area contributed by atoms with E-state index in [9.17, 15) is 4.79 Å². The van der Waals surface area contributed by atoms with Crippen LogP contribution >= 0.6 is 0 Å². The first-order chi connectivity index (χ1) is 10.7. The van der Waals surface area contributed by atoms with Crippen LogP contribution in [0.1, 0.15) is 18.5 Å². The van der Waals surface area contributed by atoms with Crippen molar-refractivity contribution < 1.29 is 9.53 Å². The number of anilines is 1. The Bertz CT molecular complexity index is 662. The first kappa shape index (κ1) is 14.3. The number of urea groups is 1. The summed E-state index contributed by atoms with van der Waals surface area (Å²) in [6, 6.07) is 11.9. The molecule has 0 bridgehead atoms. The number of ether oxygens (including phenoxy) is 1. The highest BCUT2D eigenvalue weighted by atomic mass is 16.5. The Morgan fingerprint density at radius 2 is 2.09 bits per heavy atom. The van der Waals surface area contributed by atoms with Gasteiger partial charge < -0.3 is 9.64 Å². The van der Waals surface area contributed by atoms with E-state index in [2.05, 4.69) is 22.2 Å². The van der Waals surface area contributed by atoms with Gasteiger partial charge in [0.2, 0.25) is 0 Å². The Morgan fingerprint density at radius 3 is 2.77 bits per heavy atom. The highest BCUT2D eigenvalue weighted by Crippen LogP contribution is 2.38. The van der Waals surface area contributed by atoms with Crippen LogP contribution in [0.15, 0.2) is 42.6 Å². The van der Waals surface area contributed by atoms with E-state index in [1.54, 1.807) is 12.3 Å². The molecule has 1 fully saturated rings. The topological polar surface area (TPSA) is 67.3 Å². The predicted octanol–water partition coefficient (Wildman–Crippen LogP) is 2.71. The molecule has 6 nitrogen and oxygen atoms in total. The number of benzene rings is 1. The second-order valence-electron chi connectivity index (χ2n) is 5.34. The second-order valence-corrected chi connectivity index (χ2v) is 5.34. The lowest BCUT2D eigenvalue weighted by atomic mass is 9.85. The van der Waals surface area contributed by atoms with Crippen molar-refractivity contribution in [1.82, 2.24) is 14.9 Å². The van der Waals surface area contributed by atoms with Crippen LogP contribution in [-0.4, -0.2) is 34.6 Å². The van der Waals surface area contributed by atoms with Gasteiger partial charge in [0.1, 0.15) is 5.82 Å². The van der Waals surface area contributed by atoms with Crippen molar-refractivity contribution in [2.45, 2.75) is 13.0 Å². The SMILES string of the molecule is COc1nccc(NC(=O)N2C[C@H](C)[C@H]2c2ccccc2)n1. The third-order valence-corrected chi connectivity index (χ3v) is 3.81. The second kappa shape index (κ2) is 6.01. The lowest BCUT2D eigenvalue weighted by molar-refractivity contribution is 0.0670. The summed E-state index contributed by atoms with van der Waals surface area (Å²) in [5.41, 5.74) is 1.15. The van der Waals surface area contributed by atoms with E-state index >= 15 is 0 Å². The smallest absolute Gasteiger partial charge is 0.323 e. The molecule has 2 amide bonds. The normalized spacial score (nSPS) is 20.2. The fourth-order valence-electron chi connectivity index (χ4n) is 2.75. The standard InChI is InChI=1S/C16H18N4O2/c1-11-10-20(14(11)12-6-4-3-5-7-12)16(21)19-13-8-9-17-15(18-13)22-2/h3-9,11,14H,10H2,1-2H3,(H,17,18,19,21)/t11-,14-/m0/s1. The maximum absolute atomic E-state index is 12.4. The molecule has 1 aliphatic rings. The number of carbonyl (C=O) groups is 1. The molecule has 2 heterocycles. The number of amides is 2.